The smallest absolute Gasteiger partial charge is 0.123 e. The number of ether oxygens (including phenoxy) is 1. The molecule has 1 atom stereocenters. The summed E-state index contributed by atoms with van der Waals surface area (Å²) in [5.41, 5.74) is 5.20. The molecule has 0 aliphatic rings. The van der Waals surface area contributed by atoms with E-state index < -0.39 is 0 Å². The molecule has 3 heteroatoms. The summed E-state index contributed by atoms with van der Waals surface area (Å²) in [6.45, 7) is 5.91. The quantitative estimate of drug-likeness (QED) is 0.696. The average Bonchev–Trinajstić information content (AvgIpc) is 2.37. The van der Waals surface area contributed by atoms with Gasteiger partial charge in [0.2, 0.25) is 0 Å². The van der Waals surface area contributed by atoms with Crippen LogP contribution < -0.4 is 4.74 Å². The molecule has 0 saturated heterocycles. The van der Waals surface area contributed by atoms with Crippen LogP contribution in [0.4, 0.5) is 4.39 Å². The summed E-state index contributed by atoms with van der Waals surface area (Å²) in [5, 5.41) is 0. The third kappa shape index (κ3) is 2.88. The van der Waals surface area contributed by atoms with Crippen LogP contribution in [0.3, 0.4) is 0 Å². The van der Waals surface area contributed by atoms with E-state index in [2.05, 4.69) is 22.0 Å². The van der Waals surface area contributed by atoms with Crippen molar-refractivity contribution in [2.45, 2.75) is 25.6 Å². The van der Waals surface area contributed by atoms with Crippen molar-refractivity contribution in [1.29, 1.82) is 0 Å². The Morgan fingerprint density at radius 2 is 1.65 bits per heavy atom. The molecule has 0 saturated carbocycles. The van der Waals surface area contributed by atoms with Gasteiger partial charge in [0, 0.05) is 5.56 Å². The lowest BCUT2D eigenvalue weighted by atomic mass is 9.94. The Labute approximate surface area is 127 Å². The van der Waals surface area contributed by atoms with Gasteiger partial charge < -0.3 is 4.74 Å². The molecule has 0 heterocycles. The van der Waals surface area contributed by atoms with Crippen molar-refractivity contribution < 1.29 is 9.13 Å². The number of aryl methyl sites for hydroxylation is 3. The summed E-state index contributed by atoms with van der Waals surface area (Å²) >= 11 is 3.74. The molecule has 0 aromatic heterocycles. The monoisotopic (exact) mass is 336 g/mol. The van der Waals surface area contributed by atoms with Gasteiger partial charge in [-0.1, -0.05) is 33.6 Å². The Hall–Kier alpha value is -1.35. The van der Waals surface area contributed by atoms with E-state index in [0.717, 1.165) is 28.0 Å². The standard InChI is InChI=1S/C17H18BrFO/c1-10-5-6-15(20-4)14(7-10)17(18)16-11(2)8-13(19)9-12(16)3/h5-9,17H,1-4H3. The van der Waals surface area contributed by atoms with Crippen molar-refractivity contribution in [3.8, 4) is 5.75 Å². The molecule has 0 amide bonds. The fourth-order valence-electron chi connectivity index (χ4n) is 2.53. The van der Waals surface area contributed by atoms with Gasteiger partial charge >= 0.3 is 0 Å². The lowest BCUT2D eigenvalue weighted by Crippen LogP contribution is -2.03. The molecule has 0 radical (unpaired) electrons. The molecule has 0 aliphatic carbocycles. The van der Waals surface area contributed by atoms with Crippen LogP contribution >= 0.6 is 15.9 Å². The zero-order valence-electron chi connectivity index (χ0n) is 12.1. The maximum atomic E-state index is 13.4. The minimum Gasteiger partial charge on any atom is -0.496 e. The number of methoxy groups -OCH3 is 1. The minimum atomic E-state index is -0.195. The molecule has 2 rings (SSSR count). The van der Waals surface area contributed by atoms with E-state index >= 15 is 0 Å². The van der Waals surface area contributed by atoms with E-state index in [1.807, 2.05) is 32.9 Å². The molecular formula is C17H18BrFO. The summed E-state index contributed by atoms with van der Waals surface area (Å²) in [5.74, 6) is 0.639. The Bertz CT molecular complexity index is 614. The minimum absolute atomic E-state index is 0.0158. The van der Waals surface area contributed by atoms with Crippen LogP contribution in [0.25, 0.3) is 0 Å². The number of benzene rings is 2. The highest BCUT2D eigenvalue weighted by Gasteiger charge is 2.19. The molecule has 0 N–H and O–H groups in total. The molecule has 0 fully saturated rings. The summed E-state index contributed by atoms with van der Waals surface area (Å²) < 4.78 is 18.9. The van der Waals surface area contributed by atoms with Gasteiger partial charge in [0.15, 0.2) is 0 Å². The summed E-state index contributed by atoms with van der Waals surface area (Å²) in [6.07, 6.45) is 0. The average molecular weight is 337 g/mol. The highest BCUT2D eigenvalue weighted by Crippen LogP contribution is 2.40. The Morgan fingerprint density at radius 1 is 1.05 bits per heavy atom. The lowest BCUT2D eigenvalue weighted by Gasteiger charge is -2.19. The van der Waals surface area contributed by atoms with Gasteiger partial charge in [0.05, 0.1) is 11.9 Å². The lowest BCUT2D eigenvalue weighted by molar-refractivity contribution is 0.410. The maximum Gasteiger partial charge on any atom is 0.123 e. The first kappa shape index (κ1) is 15.0. The predicted molar refractivity (Wildman–Crippen MR) is 84.4 cm³/mol. The zero-order chi connectivity index (χ0) is 14.9. The number of rotatable bonds is 3. The van der Waals surface area contributed by atoms with E-state index in [9.17, 15) is 4.39 Å². The number of hydrogen-bond donors (Lipinski definition) is 0. The molecule has 20 heavy (non-hydrogen) atoms. The fraction of sp³-hybridized carbons (Fsp3) is 0.294. The van der Waals surface area contributed by atoms with Crippen molar-refractivity contribution >= 4 is 15.9 Å². The molecule has 0 aliphatic heterocycles. The van der Waals surface area contributed by atoms with Gasteiger partial charge in [0.1, 0.15) is 11.6 Å². The Balaban J connectivity index is 2.57. The normalized spacial score (nSPS) is 12.3. The molecule has 106 valence electrons. The van der Waals surface area contributed by atoms with Crippen LogP contribution in [-0.2, 0) is 0 Å². The van der Waals surface area contributed by atoms with Gasteiger partial charge in [-0.05, 0) is 55.7 Å². The van der Waals surface area contributed by atoms with Crippen LogP contribution in [0.2, 0.25) is 0 Å². The topological polar surface area (TPSA) is 9.23 Å². The highest BCUT2D eigenvalue weighted by atomic mass is 79.9. The van der Waals surface area contributed by atoms with E-state index in [1.54, 1.807) is 19.2 Å². The van der Waals surface area contributed by atoms with Gasteiger partial charge in [0.25, 0.3) is 0 Å². The molecular weight excluding hydrogens is 319 g/mol. The second-order valence-corrected chi connectivity index (χ2v) is 5.98. The van der Waals surface area contributed by atoms with Crippen LogP contribution in [0, 0.1) is 26.6 Å². The Kier molecular flexibility index (Phi) is 4.48. The zero-order valence-corrected chi connectivity index (χ0v) is 13.7. The van der Waals surface area contributed by atoms with Crippen molar-refractivity contribution in [2.24, 2.45) is 0 Å². The fourth-order valence-corrected chi connectivity index (χ4v) is 3.61. The van der Waals surface area contributed by atoms with Crippen molar-refractivity contribution in [3.63, 3.8) is 0 Å². The maximum absolute atomic E-state index is 13.4. The van der Waals surface area contributed by atoms with Crippen molar-refractivity contribution in [1.82, 2.24) is 0 Å². The largest absolute Gasteiger partial charge is 0.496 e. The van der Waals surface area contributed by atoms with Gasteiger partial charge in [-0.15, -0.1) is 0 Å². The van der Waals surface area contributed by atoms with Crippen molar-refractivity contribution in [2.75, 3.05) is 7.11 Å². The first-order chi connectivity index (χ1) is 9.43. The molecule has 2 aromatic rings. The van der Waals surface area contributed by atoms with E-state index in [-0.39, 0.29) is 10.6 Å². The molecule has 2 aromatic carbocycles. The molecule has 1 unspecified atom stereocenters. The number of alkyl halides is 1. The summed E-state index contributed by atoms with van der Waals surface area (Å²) in [6, 6.07) is 9.22. The highest BCUT2D eigenvalue weighted by molar-refractivity contribution is 9.09. The third-order valence-corrected chi connectivity index (χ3v) is 4.42. The third-order valence-electron chi connectivity index (χ3n) is 3.47. The molecule has 0 spiro atoms. The van der Waals surface area contributed by atoms with Crippen LogP contribution in [-0.4, -0.2) is 7.11 Å². The summed E-state index contributed by atoms with van der Waals surface area (Å²) in [4.78, 5) is -0.0158. The van der Waals surface area contributed by atoms with Crippen LogP contribution in [0.1, 0.15) is 32.6 Å². The molecule has 0 bridgehead atoms. The number of hydrogen-bond acceptors (Lipinski definition) is 1. The predicted octanol–water partition coefficient (Wildman–Crippen LogP) is 5.24. The number of halogens is 2. The van der Waals surface area contributed by atoms with Crippen LogP contribution in [0.5, 0.6) is 5.75 Å². The molecule has 1 nitrogen and oxygen atoms in total. The van der Waals surface area contributed by atoms with E-state index in [4.69, 9.17) is 4.74 Å². The van der Waals surface area contributed by atoms with E-state index in [0.29, 0.717) is 0 Å². The van der Waals surface area contributed by atoms with E-state index in [1.165, 1.54) is 5.56 Å². The first-order valence-corrected chi connectivity index (χ1v) is 7.41. The van der Waals surface area contributed by atoms with Gasteiger partial charge in [-0.25, -0.2) is 4.39 Å². The first-order valence-electron chi connectivity index (χ1n) is 6.49. The van der Waals surface area contributed by atoms with Crippen molar-refractivity contribution in [3.05, 3.63) is 64.0 Å². The summed E-state index contributed by atoms with van der Waals surface area (Å²) in [7, 11) is 1.66. The SMILES string of the molecule is COc1ccc(C)cc1C(Br)c1c(C)cc(F)cc1C. The Morgan fingerprint density at radius 3 is 2.20 bits per heavy atom. The van der Waals surface area contributed by atoms with Gasteiger partial charge in [-0.3, -0.25) is 0 Å². The van der Waals surface area contributed by atoms with Gasteiger partial charge in [-0.2, -0.15) is 0 Å². The second kappa shape index (κ2) is 5.96. The second-order valence-electron chi connectivity index (χ2n) is 5.06. The van der Waals surface area contributed by atoms with Crippen LogP contribution in [0.15, 0.2) is 30.3 Å².